The number of carbonyl (C=O) groups is 1. The van der Waals surface area contributed by atoms with Crippen LogP contribution in [0, 0.1) is 5.92 Å². The molecule has 0 rings (SSSR count). The van der Waals surface area contributed by atoms with Crippen LogP contribution in [-0.4, -0.2) is 17.8 Å². The second kappa shape index (κ2) is 9.76. The highest BCUT2D eigenvalue weighted by Crippen LogP contribution is 2.17. The van der Waals surface area contributed by atoms with Gasteiger partial charge in [0.2, 0.25) is 0 Å². The Kier molecular flexibility index (Phi) is 9.49. The Morgan fingerprint density at radius 2 is 2.06 bits per heavy atom. The van der Waals surface area contributed by atoms with E-state index in [1.807, 2.05) is 6.08 Å². The lowest BCUT2D eigenvalue weighted by Gasteiger charge is -2.16. The zero-order chi connectivity index (χ0) is 12.4. The Hall–Kier alpha value is -0.440. The van der Waals surface area contributed by atoms with Crippen molar-refractivity contribution in [2.75, 3.05) is 6.61 Å². The molecule has 0 saturated heterocycles. The van der Waals surface area contributed by atoms with Gasteiger partial charge in [-0.05, 0) is 18.8 Å². The molecule has 0 bridgehead atoms. The van der Waals surface area contributed by atoms with Crippen LogP contribution in [0.4, 0.5) is 0 Å². The molecular formula is C13H24O2S. The Bertz CT molecular complexity index is 214. The van der Waals surface area contributed by atoms with Crippen molar-refractivity contribution in [3.05, 3.63) is 12.2 Å². The van der Waals surface area contributed by atoms with E-state index in [-0.39, 0.29) is 11.2 Å². The molecule has 3 heteroatoms. The van der Waals surface area contributed by atoms with Crippen LogP contribution in [0.3, 0.4) is 0 Å². The van der Waals surface area contributed by atoms with E-state index in [0.717, 1.165) is 19.3 Å². The summed E-state index contributed by atoms with van der Waals surface area (Å²) in [5.74, 6) is 0.320. The van der Waals surface area contributed by atoms with Crippen LogP contribution < -0.4 is 0 Å². The molecule has 0 heterocycles. The molecule has 0 amide bonds. The fourth-order valence-corrected chi connectivity index (χ4v) is 1.59. The van der Waals surface area contributed by atoms with E-state index in [9.17, 15) is 4.79 Å². The minimum Gasteiger partial charge on any atom is -0.465 e. The minimum atomic E-state index is -0.134. The van der Waals surface area contributed by atoms with Crippen molar-refractivity contribution < 1.29 is 9.53 Å². The van der Waals surface area contributed by atoms with Gasteiger partial charge in [-0.2, -0.15) is 12.6 Å². The maximum atomic E-state index is 11.4. The van der Waals surface area contributed by atoms with Crippen LogP contribution in [0.5, 0.6) is 0 Å². The minimum absolute atomic E-state index is 0.115. The number of carbonyl (C=O) groups excluding carboxylic acids is 1. The van der Waals surface area contributed by atoms with Gasteiger partial charge in [-0.3, -0.25) is 4.79 Å². The second-order valence-corrected chi connectivity index (χ2v) is 4.71. The molecule has 0 aliphatic rings. The number of esters is 1. The monoisotopic (exact) mass is 244 g/mol. The summed E-state index contributed by atoms with van der Waals surface area (Å²) in [7, 11) is 0. The number of hydrogen-bond donors (Lipinski definition) is 1. The summed E-state index contributed by atoms with van der Waals surface area (Å²) in [4.78, 5) is 11.4. The summed E-state index contributed by atoms with van der Waals surface area (Å²) in [6.45, 7) is 6.78. The summed E-state index contributed by atoms with van der Waals surface area (Å²) < 4.78 is 5.11. The molecule has 94 valence electrons. The first-order chi connectivity index (χ1) is 7.61. The van der Waals surface area contributed by atoms with Gasteiger partial charge < -0.3 is 4.74 Å². The van der Waals surface area contributed by atoms with Crippen LogP contribution in [0.2, 0.25) is 0 Å². The highest BCUT2D eigenvalue weighted by molar-refractivity contribution is 7.81. The maximum Gasteiger partial charge on any atom is 0.306 e. The molecule has 0 aromatic carbocycles. The highest BCUT2D eigenvalue weighted by atomic mass is 32.1. The van der Waals surface area contributed by atoms with Crippen molar-refractivity contribution in [1.29, 1.82) is 0 Å². The number of hydrogen-bond acceptors (Lipinski definition) is 3. The van der Waals surface area contributed by atoms with Gasteiger partial charge in [0.1, 0.15) is 0 Å². The average molecular weight is 244 g/mol. The van der Waals surface area contributed by atoms with Gasteiger partial charge in [0, 0.05) is 5.25 Å². The summed E-state index contributed by atoms with van der Waals surface area (Å²) in [5.41, 5.74) is 0. The SMILES string of the molecule is CCC=CCCOC(=O)CC(S)C(C)CC. The van der Waals surface area contributed by atoms with Crippen molar-refractivity contribution in [1.82, 2.24) is 0 Å². The molecule has 0 aliphatic heterocycles. The van der Waals surface area contributed by atoms with Crippen molar-refractivity contribution in [3.63, 3.8) is 0 Å². The van der Waals surface area contributed by atoms with Crippen LogP contribution in [0.1, 0.15) is 46.5 Å². The smallest absolute Gasteiger partial charge is 0.306 e. The predicted molar refractivity (Wildman–Crippen MR) is 71.9 cm³/mol. The third-order valence-electron chi connectivity index (χ3n) is 2.63. The van der Waals surface area contributed by atoms with E-state index in [4.69, 9.17) is 4.74 Å². The summed E-state index contributed by atoms with van der Waals surface area (Å²) in [6, 6.07) is 0. The number of rotatable bonds is 8. The van der Waals surface area contributed by atoms with Gasteiger partial charge in [0.25, 0.3) is 0 Å². The first-order valence-electron chi connectivity index (χ1n) is 6.10. The average Bonchev–Trinajstić information content (AvgIpc) is 2.27. The lowest BCUT2D eigenvalue weighted by molar-refractivity contribution is -0.143. The second-order valence-electron chi connectivity index (χ2n) is 4.05. The van der Waals surface area contributed by atoms with E-state index in [1.165, 1.54) is 0 Å². The third kappa shape index (κ3) is 7.80. The third-order valence-corrected chi connectivity index (χ3v) is 3.32. The van der Waals surface area contributed by atoms with Crippen LogP contribution in [-0.2, 0) is 9.53 Å². The molecule has 0 aliphatic carbocycles. The Morgan fingerprint density at radius 3 is 2.62 bits per heavy atom. The number of ether oxygens (including phenoxy) is 1. The lowest BCUT2D eigenvalue weighted by atomic mass is 10.0. The quantitative estimate of drug-likeness (QED) is 0.305. The van der Waals surface area contributed by atoms with Gasteiger partial charge in [-0.1, -0.05) is 39.3 Å². The summed E-state index contributed by atoms with van der Waals surface area (Å²) >= 11 is 4.41. The Labute approximate surface area is 105 Å². The Morgan fingerprint density at radius 1 is 1.38 bits per heavy atom. The predicted octanol–water partition coefficient (Wildman–Crippen LogP) is 3.62. The van der Waals surface area contributed by atoms with Crippen LogP contribution in [0.25, 0.3) is 0 Å². The largest absolute Gasteiger partial charge is 0.465 e. The van der Waals surface area contributed by atoms with Gasteiger partial charge >= 0.3 is 5.97 Å². The number of thiol groups is 1. The van der Waals surface area contributed by atoms with Gasteiger partial charge in [-0.15, -0.1) is 0 Å². The van der Waals surface area contributed by atoms with E-state index in [0.29, 0.717) is 18.9 Å². The molecule has 0 spiro atoms. The fraction of sp³-hybridized carbons (Fsp3) is 0.769. The highest BCUT2D eigenvalue weighted by Gasteiger charge is 2.16. The number of allylic oxidation sites excluding steroid dienone is 1. The normalized spacial score (nSPS) is 15.0. The lowest BCUT2D eigenvalue weighted by Crippen LogP contribution is -2.18. The van der Waals surface area contributed by atoms with Crippen molar-refractivity contribution in [2.45, 2.75) is 51.7 Å². The molecular weight excluding hydrogens is 220 g/mol. The summed E-state index contributed by atoms with van der Waals surface area (Å²) in [5, 5.41) is 0.115. The first kappa shape index (κ1) is 15.6. The van der Waals surface area contributed by atoms with E-state index in [2.05, 4.69) is 39.5 Å². The van der Waals surface area contributed by atoms with Crippen LogP contribution in [0.15, 0.2) is 12.2 Å². The summed E-state index contributed by atoms with van der Waals surface area (Å²) in [6.07, 6.45) is 7.41. The van der Waals surface area contributed by atoms with Gasteiger partial charge in [-0.25, -0.2) is 0 Å². The first-order valence-corrected chi connectivity index (χ1v) is 6.62. The fourth-order valence-electron chi connectivity index (χ4n) is 1.23. The van der Waals surface area contributed by atoms with Crippen molar-refractivity contribution >= 4 is 18.6 Å². The van der Waals surface area contributed by atoms with Crippen molar-refractivity contribution in [2.24, 2.45) is 5.92 Å². The molecule has 0 N–H and O–H groups in total. The standard InChI is InChI=1S/C13H24O2S/c1-4-6-7-8-9-15-13(14)10-12(16)11(3)5-2/h6-7,11-12,16H,4-5,8-10H2,1-3H3. The molecule has 0 fully saturated rings. The Balaban J connectivity index is 3.62. The molecule has 0 aromatic rings. The zero-order valence-corrected chi connectivity index (χ0v) is 11.5. The van der Waals surface area contributed by atoms with E-state index in [1.54, 1.807) is 0 Å². The molecule has 2 atom stereocenters. The van der Waals surface area contributed by atoms with Crippen molar-refractivity contribution in [3.8, 4) is 0 Å². The molecule has 16 heavy (non-hydrogen) atoms. The molecule has 0 radical (unpaired) electrons. The zero-order valence-electron chi connectivity index (χ0n) is 10.6. The maximum absolute atomic E-state index is 11.4. The molecule has 0 saturated carbocycles. The van der Waals surface area contributed by atoms with Crippen LogP contribution >= 0.6 is 12.6 Å². The van der Waals surface area contributed by atoms with E-state index < -0.39 is 0 Å². The molecule has 2 nitrogen and oxygen atoms in total. The van der Waals surface area contributed by atoms with Gasteiger partial charge in [0.05, 0.1) is 13.0 Å². The van der Waals surface area contributed by atoms with Gasteiger partial charge in [0.15, 0.2) is 0 Å². The van der Waals surface area contributed by atoms with E-state index >= 15 is 0 Å². The topological polar surface area (TPSA) is 26.3 Å². The molecule has 0 aromatic heterocycles. The molecule has 2 unspecified atom stereocenters.